The van der Waals surface area contributed by atoms with Crippen molar-refractivity contribution in [1.29, 1.82) is 0 Å². The Bertz CT molecular complexity index is 699. The number of benzene rings is 2. The highest BCUT2D eigenvalue weighted by Crippen LogP contribution is 2.26. The third-order valence-electron chi connectivity index (χ3n) is 3.14. The lowest BCUT2D eigenvalue weighted by Crippen LogP contribution is -2.16. The Labute approximate surface area is 140 Å². The Morgan fingerprint density at radius 3 is 2.26 bits per heavy atom. The number of hydrogen-bond donors (Lipinski definition) is 1. The molecule has 0 bridgehead atoms. The first kappa shape index (κ1) is 16.8. The van der Waals surface area contributed by atoms with Crippen LogP contribution in [-0.2, 0) is 0 Å². The molecule has 0 fully saturated rings. The fraction of sp³-hybridized carbons (Fsp3) is 0.176. The molecule has 0 spiro atoms. The van der Waals surface area contributed by atoms with Crippen molar-refractivity contribution in [3.63, 3.8) is 0 Å². The molecule has 120 valence electrons. The molecule has 6 heteroatoms. The van der Waals surface area contributed by atoms with Crippen LogP contribution in [0, 0.1) is 0 Å². The zero-order valence-corrected chi connectivity index (χ0v) is 14.0. The fourth-order valence-corrected chi connectivity index (χ4v) is 2.09. The first-order chi connectivity index (χ1) is 11.2. The SMILES string of the molecule is COc1ccc(C(=S)N/N=C/c2ccc(OC)c(OC)c2)cc1. The van der Waals surface area contributed by atoms with E-state index in [-0.39, 0.29) is 0 Å². The summed E-state index contributed by atoms with van der Waals surface area (Å²) in [5.74, 6) is 2.10. The van der Waals surface area contributed by atoms with E-state index in [2.05, 4.69) is 10.5 Å². The molecular formula is C17H18N2O3S. The number of hydrazone groups is 1. The number of hydrogen-bond acceptors (Lipinski definition) is 5. The average molecular weight is 330 g/mol. The van der Waals surface area contributed by atoms with Crippen molar-refractivity contribution in [3.8, 4) is 17.2 Å². The molecule has 0 unspecified atom stereocenters. The summed E-state index contributed by atoms with van der Waals surface area (Å²) in [4.78, 5) is 0.532. The fourth-order valence-electron chi connectivity index (χ4n) is 1.91. The molecule has 0 saturated heterocycles. The average Bonchev–Trinajstić information content (AvgIpc) is 2.61. The quantitative estimate of drug-likeness (QED) is 0.501. The molecule has 2 aromatic rings. The number of nitrogens with one attached hydrogen (secondary N) is 1. The minimum absolute atomic E-state index is 0.532. The Hall–Kier alpha value is -2.60. The molecule has 23 heavy (non-hydrogen) atoms. The summed E-state index contributed by atoms with van der Waals surface area (Å²) >= 11 is 5.29. The molecule has 1 N–H and O–H groups in total. The second-order valence-electron chi connectivity index (χ2n) is 4.54. The highest BCUT2D eigenvalue weighted by molar-refractivity contribution is 7.80. The Morgan fingerprint density at radius 2 is 1.65 bits per heavy atom. The summed E-state index contributed by atoms with van der Waals surface area (Å²) in [6.45, 7) is 0. The minimum atomic E-state index is 0.532. The van der Waals surface area contributed by atoms with Crippen LogP contribution < -0.4 is 19.6 Å². The van der Waals surface area contributed by atoms with E-state index in [1.54, 1.807) is 27.5 Å². The molecule has 0 amide bonds. The van der Waals surface area contributed by atoms with Crippen molar-refractivity contribution in [1.82, 2.24) is 5.43 Å². The van der Waals surface area contributed by atoms with Crippen LogP contribution >= 0.6 is 12.2 Å². The minimum Gasteiger partial charge on any atom is -0.497 e. The van der Waals surface area contributed by atoms with Crippen LogP contribution in [-0.4, -0.2) is 32.5 Å². The van der Waals surface area contributed by atoms with Gasteiger partial charge in [0.05, 0.1) is 27.5 Å². The molecule has 0 radical (unpaired) electrons. The van der Waals surface area contributed by atoms with Gasteiger partial charge in [0, 0.05) is 5.56 Å². The molecule has 0 aromatic heterocycles. The Balaban J connectivity index is 2.01. The third-order valence-corrected chi connectivity index (χ3v) is 3.47. The second-order valence-corrected chi connectivity index (χ2v) is 4.95. The van der Waals surface area contributed by atoms with Crippen molar-refractivity contribution in [2.24, 2.45) is 5.10 Å². The van der Waals surface area contributed by atoms with E-state index >= 15 is 0 Å². The predicted molar refractivity (Wildman–Crippen MR) is 95.0 cm³/mol. The molecular weight excluding hydrogens is 312 g/mol. The van der Waals surface area contributed by atoms with Gasteiger partial charge in [-0.05, 0) is 48.0 Å². The normalized spacial score (nSPS) is 10.4. The maximum Gasteiger partial charge on any atom is 0.161 e. The zero-order valence-electron chi connectivity index (χ0n) is 13.2. The highest BCUT2D eigenvalue weighted by Gasteiger charge is 2.03. The summed E-state index contributed by atoms with van der Waals surface area (Å²) in [5.41, 5.74) is 4.57. The van der Waals surface area contributed by atoms with Gasteiger partial charge in [0.2, 0.25) is 0 Å². The Kier molecular flexibility index (Phi) is 5.94. The summed E-state index contributed by atoms with van der Waals surface area (Å²) in [6.07, 6.45) is 1.66. The summed E-state index contributed by atoms with van der Waals surface area (Å²) in [7, 11) is 4.81. The zero-order chi connectivity index (χ0) is 16.7. The van der Waals surface area contributed by atoms with Crippen LogP contribution in [0.5, 0.6) is 17.2 Å². The van der Waals surface area contributed by atoms with Gasteiger partial charge in [-0.2, -0.15) is 5.10 Å². The maximum atomic E-state index is 5.29. The molecule has 2 rings (SSSR count). The largest absolute Gasteiger partial charge is 0.497 e. The smallest absolute Gasteiger partial charge is 0.161 e. The lowest BCUT2D eigenvalue weighted by atomic mass is 10.2. The van der Waals surface area contributed by atoms with E-state index in [0.717, 1.165) is 16.9 Å². The van der Waals surface area contributed by atoms with E-state index in [9.17, 15) is 0 Å². The van der Waals surface area contributed by atoms with Crippen molar-refractivity contribution >= 4 is 23.4 Å². The van der Waals surface area contributed by atoms with E-state index in [1.165, 1.54) is 0 Å². The van der Waals surface area contributed by atoms with E-state index in [1.807, 2.05) is 42.5 Å². The van der Waals surface area contributed by atoms with Crippen LogP contribution in [0.2, 0.25) is 0 Å². The van der Waals surface area contributed by atoms with Crippen LogP contribution in [0.15, 0.2) is 47.6 Å². The van der Waals surface area contributed by atoms with Crippen LogP contribution in [0.25, 0.3) is 0 Å². The lowest BCUT2D eigenvalue weighted by molar-refractivity contribution is 0.355. The van der Waals surface area contributed by atoms with E-state index in [4.69, 9.17) is 26.4 Å². The van der Waals surface area contributed by atoms with E-state index < -0.39 is 0 Å². The van der Waals surface area contributed by atoms with Gasteiger partial charge in [-0.1, -0.05) is 12.2 Å². The maximum absolute atomic E-state index is 5.29. The predicted octanol–water partition coefficient (Wildman–Crippen LogP) is 3.01. The Morgan fingerprint density at radius 1 is 0.957 bits per heavy atom. The van der Waals surface area contributed by atoms with Gasteiger partial charge in [0.1, 0.15) is 10.7 Å². The summed E-state index contributed by atoms with van der Waals surface area (Å²) < 4.78 is 15.6. The summed E-state index contributed by atoms with van der Waals surface area (Å²) in [5, 5.41) is 4.15. The summed E-state index contributed by atoms with van der Waals surface area (Å²) in [6, 6.07) is 13.0. The van der Waals surface area contributed by atoms with Crippen LogP contribution in [0.3, 0.4) is 0 Å². The number of methoxy groups -OCH3 is 3. The topological polar surface area (TPSA) is 52.1 Å². The number of nitrogens with zero attached hydrogens (tertiary/aromatic N) is 1. The van der Waals surface area contributed by atoms with Crippen LogP contribution in [0.1, 0.15) is 11.1 Å². The standard InChI is InChI=1S/C17H18N2O3S/c1-20-14-7-5-13(6-8-14)17(23)19-18-11-12-4-9-15(21-2)16(10-12)22-3/h4-11H,1-3H3,(H,19,23)/b18-11+. The van der Waals surface area contributed by atoms with Gasteiger partial charge < -0.3 is 14.2 Å². The molecule has 0 aliphatic carbocycles. The lowest BCUT2D eigenvalue weighted by Gasteiger charge is -2.07. The van der Waals surface area contributed by atoms with Gasteiger partial charge in [0.15, 0.2) is 11.5 Å². The highest BCUT2D eigenvalue weighted by atomic mass is 32.1. The molecule has 5 nitrogen and oxygen atoms in total. The van der Waals surface area contributed by atoms with Gasteiger partial charge >= 0.3 is 0 Å². The number of thiocarbonyl (C=S) groups is 1. The van der Waals surface area contributed by atoms with Crippen molar-refractivity contribution in [2.75, 3.05) is 21.3 Å². The molecule has 0 heterocycles. The van der Waals surface area contributed by atoms with Crippen molar-refractivity contribution in [2.45, 2.75) is 0 Å². The molecule has 0 aliphatic rings. The van der Waals surface area contributed by atoms with Gasteiger partial charge in [0.25, 0.3) is 0 Å². The van der Waals surface area contributed by atoms with Crippen molar-refractivity contribution < 1.29 is 14.2 Å². The van der Waals surface area contributed by atoms with Gasteiger partial charge in [-0.3, -0.25) is 5.43 Å². The molecule has 0 atom stereocenters. The van der Waals surface area contributed by atoms with Crippen molar-refractivity contribution in [3.05, 3.63) is 53.6 Å². The first-order valence-electron chi connectivity index (χ1n) is 6.87. The van der Waals surface area contributed by atoms with Gasteiger partial charge in [-0.25, -0.2) is 0 Å². The van der Waals surface area contributed by atoms with Gasteiger partial charge in [-0.15, -0.1) is 0 Å². The second kappa shape index (κ2) is 8.14. The molecule has 2 aromatic carbocycles. The monoisotopic (exact) mass is 330 g/mol. The molecule has 0 saturated carbocycles. The number of rotatable bonds is 6. The first-order valence-corrected chi connectivity index (χ1v) is 7.28. The molecule has 0 aliphatic heterocycles. The van der Waals surface area contributed by atoms with Crippen LogP contribution in [0.4, 0.5) is 0 Å². The van der Waals surface area contributed by atoms with E-state index in [0.29, 0.717) is 16.5 Å². The number of ether oxygens (including phenoxy) is 3. The third kappa shape index (κ3) is 4.43.